The van der Waals surface area contributed by atoms with Crippen molar-refractivity contribution in [2.45, 2.75) is 25.8 Å². The number of fused-ring (bicyclic) bond motifs is 3. The lowest BCUT2D eigenvalue weighted by Crippen LogP contribution is -2.38. The Morgan fingerprint density at radius 3 is 2.76 bits per heavy atom. The molecule has 0 aliphatic heterocycles. The molecule has 4 rings (SSSR count). The van der Waals surface area contributed by atoms with Crippen molar-refractivity contribution in [2.24, 2.45) is 0 Å². The Balaban J connectivity index is 1.44. The first-order valence-electron chi connectivity index (χ1n) is 8.12. The van der Waals surface area contributed by atoms with Gasteiger partial charge in [0.2, 0.25) is 0 Å². The molecule has 1 aromatic heterocycles. The monoisotopic (exact) mass is 373 g/mol. The molecule has 1 atom stereocenters. The molecule has 2 amide bonds. The van der Waals surface area contributed by atoms with Crippen LogP contribution in [0.25, 0.3) is 10.9 Å². The maximum absolute atomic E-state index is 12.2. The van der Waals surface area contributed by atoms with Crippen LogP contribution in [0.1, 0.15) is 16.8 Å². The summed E-state index contributed by atoms with van der Waals surface area (Å²) in [6, 6.07) is 11.3. The molecule has 0 saturated carbocycles. The second kappa shape index (κ2) is 6.28. The Hall–Kier alpha value is -2.17. The molecule has 1 unspecified atom stereocenters. The maximum atomic E-state index is 12.2. The SMILES string of the molecule is Cc1ccc2[nH]c3c(c2c1)CC(NC(=O)Nc1ccc(Cl)c(Cl)c1)C3. The third-order valence-corrected chi connectivity index (χ3v) is 5.30. The van der Waals surface area contributed by atoms with E-state index in [4.69, 9.17) is 23.2 Å². The van der Waals surface area contributed by atoms with Crippen LogP contribution >= 0.6 is 23.2 Å². The molecule has 0 spiro atoms. The molecule has 6 heteroatoms. The summed E-state index contributed by atoms with van der Waals surface area (Å²) in [6.07, 6.45) is 1.63. The molecule has 1 heterocycles. The highest BCUT2D eigenvalue weighted by atomic mass is 35.5. The van der Waals surface area contributed by atoms with Gasteiger partial charge >= 0.3 is 6.03 Å². The summed E-state index contributed by atoms with van der Waals surface area (Å²) in [5.41, 5.74) is 5.53. The van der Waals surface area contributed by atoms with E-state index in [-0.39, 0.29) is 12.1 Å². The number of carbonyl (C=O) groups excluding carboxylic acids is 1. The van der Waals surface area contributed by atoms with Crippen LogP contribution in [0, 0.1) is 6.92 Å². The minimum Gasteiger partial charge on any atom is -0.358 e. The number of carbonyl (C=O) groups is 1. The van der Waals surface area contributed by atoms with Gasteiger partial charge in [-0.3, -0.25) is 0 Å². The lowest BCUT2D eigenvalue weighted by atomic mass is 10.1. The van der Waals surface area contributed by atoms with Crippen molar-refractivity contribution < 1.29 is 4.79 Å². The number of nitrogens with one attached hydrogen (secondary N) is 3. The third-order valence-electron chi connectivity index (χ3n) is 4.56. The second-order valence-electron chi connectivity index (χ2n) is 6.46. The van der Waals surface area contributed by atoms with Gasteiger partial charge in [-0.15, -0.1) is 0 Å². The Kier molecular flexibility index (Phi) is 4.10. The molecule has 3 aromatic rings. The van der Waals surface area contributed by atoms with E-state index < -0.39 is 0 Å². The van der Waals surface area contributed by atoms with E-state index in [1.807, 2.05) is 0 Å². The van der Waals surface area contributed by atoms with Crippen molar-refractivity contribution in [1.29, 1.82) is 0 Å². The van der Waals surface area contributed by atoms with Gasteiger partial charge in [-0.05, 0) is 49.2 Å². The largest absolute Gasteiger partial charge is 0.358 e. The number of hydrogen-bond acceptors (Lipinski definition) is 1. The normalized spacial score (nSPS) is 16.0. The first kappa shape index (κ1) is 16.3. The summed E-state index contributed by atoms with van der Waals surface area (Å²) in [5.74, 6) is 0. The molecular formula is C19H17Cl2N3O. The Bertz CT molecular complexity index is 980. The van der Waals surface area contributed by atoms with E-state index in [2.05, 4.69) is 40.7 Å². The van der Waals surface area contributed by atoms with Crippen molar-refractivity contribution >= 4 is 45.8 Å². The first-order valence-corrected chi connectivity index (χ1v) is 8.88. The molecule has 3 N–H and O–H groups in total. The van der Waals surface area contributed by atoms with Gasteiger partial charge < -0.3 is 15.6 Å². The van der Waals surface area contributed by atoms with Crippen molar-refractivity contribution in [3.63, 3.8) is 0 Å². The van der Waals surface area contributed by atoms with E-state index in [1.54, 1.807) is 18.2 Å². The van der Waals surface area contributed by atoms with Crippen molar-refractivity contribution in [3.05, 3.63) is 63.3 Å². The fourth-order valence-electron chi connectivity index (χ4n) is 3.42. The van der Waals surface area contributed by atoms with Crippen molar-refractivity contribution in [2.75, 3.05) is 5.32 Å². The summed E-state index contributed by atoms with van der Waals surface area (Å²) in [5, 5.41) is 7.96. The summed E-state index contributed by atoms with van der Waals surface area (Å²) in [4.78, 5) is 15.7. The molecule has 0 radical (unpaired) electrons. The van der Waals surface area contributed by atoms with Gasteiger partial charge in [0.15, 0.2) is 0 Å². The molecule has 0 saturated heterocycles. The van der Waals surface area contributed by atoms with Crippen LogP contribution in [0.2, 0.25) is 10.0 Å². The van der Waals surface area contributed by atoms with Gasteiger partial charge in [-0.25, -0.2) is 4.79 Å². The number of amides is 2. The Morgan fingerprint density at radius 2 is 1.96 bits per heavy atom. The molecule has 2 aromatic carbocycles. The van der Waals surface area contributed by atoms with Gasteiger partial charge in [0, 0.05) is 34.7 Å². The zero-order valence-electron chi connectivity index (χ0n) is 13.6. The van der Waals surface area contributed by atoms with Crippen molar-refractivity contribution in [1.82, 2.24) is 10.3 Å². The number of H-pyrrole nitrogens is 1. The standard InChI is InChI=1S/C19H17Cl2N3O/c1-10-2-5-17-13(6-10)14-7-12(9-18(14)24-17)23-19(25)22-11-3-4-15(20)16(21)8-11/h2-6,8,12,24H,7,9H2,1H3,(H2,22,23,25). The third kappa shape index (κ3) is 3.20. The van der Waals surface area contributed by atoms with Gasteiger partial charge in [-0.2, -0.15) is 0 Å². The predicted molar refractivity (Wildman–Crippen MR) is 103 cm³/mol. The summed E-state index contributed by atoms with van der Waals surface area (Å²) >= 11 is 11.9. The molecule has 1 aliphatic carbocycles. The summed E-state index contributed by atoms with van der Waals surface area (Å²) < 4.78 is 0. The fourth-order valence-corrected chi connectivity index (χ4v) is 3.72. The predicted octanol–water partition coefficient (Wildman–Crippen LogP) is 5.07. The Morgan fingerprint density at radius 1 is 1.12 bits per heavy atom. The number of halogens is 2. The van der Waals surface area contributed by atoms with Crippen LogP contribution in [0.3, 0.4) is 0 Å². The maximum Gasteiger partial charge on any atom is 0.319 e. The smallest absolute Gasteiger partial charge is 0.319 e. The lowest BCUT2D eigenvalue weighted by Gasteiger charge is -2.14. The van der Waals surface area contributed by atoms with Gasteiger partial charge in [0.05, 0.1) is 10.0 Å². The summed E-state index contributed by atoms with van der Waals surface area (Å²) in [6.45, 7) is 2.09. The van der Waals surface area contributed by atoms with E-state index >= 15 is 0 Å². The minimum atomic E-state index is -0.242. The topological polar surface area (TPSA) is 56.9 Å². The number of hydrogen-bond donors (Lipinski definition) is 3. The van der Waals surface area contributed by atoms with Crippen LogP contribution in [-0.4, -0.2) is 17.1 Å². The molecular weight excluding hydrogens is 357 g/mol. The number of anilines is 1. The lowest BCUT2D eigenvalue weighted by molar-refractivity contribution is 0.249. The fraction of sp³-hybridized carbons (Fsp3) is 0.211. The molecule has 25 heavy (non-hydrogen) atoms. The highest BCUT2D eigenvalue weighted by molar-refractivity contribution is 6.42. The van der Waals surface area contributed by atoms with Crippen LogP contribution in [0.15, 0.2) is 36.4 Å². The zero-order valence-corrected chi connectivity index (χ0v) is 15.1. The molecule has 0 bridgehead atoms. The first-order chi connectivity index (χ1) is 12.0. The highest BCUT2D eigenvalue weighted by Crippen LogP contribution is 2.31. The number of rotatable bonds is 2. The van der Waals surface area contributed by atoms with E-state index in [1.165, 1.54) is 22.2 Å². The second-order valence-corrected chi connectivity index (χ2v) is 7.28. The Labute approximate surface area is 155 Å². The van der Waals surface area contributed by atoms with E-state index in [0.717, 1.165) is 18.4 Å². The summed E-state index contributed by atoms with van der Waals surface area (Å²) in [7, 11) is 0. The van der Waals surface area contributed by atoms with E-state index in [0.29, 0.717) is 15.7 Å². The molecule has 0 fully saturated rings. The number of aromatic nitrogens is 1. The minimum absolute atomic E-state index is 0.0777. The molecule has 1 aliphatic rings. The average Bonchev–Trinajstić information content (AvgIpc) is 3.08. The zero-order chi connectivity index (χ0) is 17.6. The van der Waals surface area contributed by atoms with Crippen LogP contribution < -0.4 is 10.6 Å². The number of aryl methyl sites for hydroxylation is 1. The number of benzene rings is 2. The molecule has 4 nitrogen and oxygen atoms in total. The van der Waals surface area contributed by atoms with Gasteiger partial charge in [0.25, 0.3) is 0 Å². The highest BCUT2D eigenvalue weighted by Gasteiger charge is 2.26. The average molecular weight is 374 g/mol. The van der Waals surface area contributed by atoms with E-state index in [9.17, 15) is 4.79 Å². The van der Waals surface area contributed by atoms with Crippen molar-refractivity contribution in [3.8, 4) is 0 Å². The van der Waals surface area contributed by atoms with Crippen LogP contribution in [0.4, 0.5) is 10.5 Å². The van der Waals surface area contributed by atoms with Crippen LogP contribution in [0.5, 0.6) is 0 Å². The molecule has 128 valence electrons. The van der Waals surface area contributed by atoms with Gasteiger partial charge in [-0.1, -0.05) is 34.8 Å². The van der Waals surface area contributed by atoms with Gasteiger partial charge in [0.1, 0.15) is 0 Å². The van der Waals surface area contributed by atoms with Crippen LogP contribution in [-0.2, 0) is 12.8 Å². The number of urea groups is 1. The quantitative estimate of drug-likeness (QED) is 0.576. The number of aromatic amines is 1.